The minimum absolute atomic E-state index is 0.151. The number of carboxylic acids is 1. The number of benzene rings is 1. The fourth-order valence-corrected chi connectivity index (χ4v) is 1.91. The maximum Gasteiger partial charge on any atom is 0.332 e. The van der Waals surface area contributed by atoms with Crippen LogP contribution in [0.3, 0.4) is 0 Å². The SMILES string of the molecule is CCC(C)OC(=O)C=C(CC(=O)O)Nc1ccc2c(c1)OCO2. The highest BCUT2D eigenvalue weighted by Crippen LogP contribution is 2.34. The number of carbonyl (C=O) groups excluding carboxylic acids is 1. The van der Waals surface area contributed by atoms with Gasteiger partial charge in [0.05, 0.1) is 12.5 Å². The number of hydrogen-bond acceptors (Lipinski definition) is 6. The highest BCUT2D eigenvalue weighted by Gasteiger charge is 2.15. The van der Waals surface area contributed by atoms with Gasteiger partial charge in [0.15, 0.2) is 11.5 Å². The summed E-state index contributed by atoms with van der Waals surface area (Å²) in [6.07, 6.45) is 1.29. The molecule has 1 heterocycles. The zero-order valence-corrected chi connectivity index (χ0v) is 13.0. The van der Waals surface area contributed by atoms with Gasteiger partial charge in [0.2, 0.25) is 6.79 Å². The molecular weight excluding hydrogens is 302 g/mol. The van der Waals surface area contributed by atoms with Gasteiger partial charge in [-0.15, -0.1) is 0 Å². The van der Waals surface area contributed by atoms with Crippen LogP contribution in [0.2, 0.25) is 0 Å². The summed E-state index contributed by atoms with van der Waals surface area (Å²) in [5.41, 5.74) is 0.822. The van der Waals surface area contributed by atoms with E-state index < -0.39 is 11.9 Å². The predicted molar refractivity (Wildman–Crippen MR) is 82.4 cm³/mol. The summed E-state index contributed by atoms with van der Waals surface area (Å²) in [6, 6.07) is 5.10. The van der Waals surface area contributed by atoms with Crippen molar-refractivity contribution in [2.75, 3.05) is 12.1 Å². The molecule has 124 valence electrons. The fourth-order valence-electron chi connectivity index (χ4n) is 1.91. The van der Waals surface area contributed by atoms with E-state index in [-0.39, 0.29) is 25.0 Å². The van der Waals surface area contributed by atoms with E-state index in [4.69, 9.17) is 19.3 Å². The molecule has 1 aliphatic rings. The van der Waals surface area contributed by atoms with Crippen LogP contribution in [0.1, 0.15) is 26.7 Å². The van der Waals surface area contributed by atoms with E-state index in [2.05, 4.69) is 5.32 Å². The van der Waals surface area contributed by atoms with Crippen molar-refractivity contribution in [3.05, 3.63) is 30.0 Å². The summed E-state index contributed by atoms with van der Waals surface area (Å²) in [4.78, 5) is 22.8. The number of ether oxygens (including phenoxy) is 3. The molecule has 1 aromatic carbocycles. The van der Waals surface area contributed by atoms with Crippen LogP contribution in [0, 0.1) is 0 Å². The second-order valence-electron chi connectivity index (χ2n) is 5.09. The minimum Gasteiger partial charge on any atom is -0.481 e. The number of carboxylic acid groups (broad SMARTS) is 1. The lowest BCUT2D eigenvalue weighted by Gasteiger charge is -2.12. The molecule has 7 heteroatoms. The Morgan fingerprint density at radius 1 is 1.39 bits per heavy atom. The van der Waals surface area contributed by atoms with E-state index in [0.717, 1.165) is 6.08 Å². The van der Waals surface area contributed by atoms with Crippen molar-refractivity contribution in [2.45, 2.75) is 32.8 Å². The zero-order valence-electron chi connectivity index (χ0n) is 13.0. The average molecular weight is 321 g/mol. The molecule has 2 N–H and O–H groups in total. The third kappa shape index (κ3) is 4.91. The molecule has 1 unspecified atom stereocenters. The summed E-state index contributed by atoms with van der Waals surface area (Å²) in [5.74, 6) is -0.452. The summed E-state index contributed by atoms with van der Waals surface area (Å²) in [6.45, 7) is 3.82. The number of anilines is 1. The first-order valence-corrected chi connectivity index (χ1v) is 7.27. The third-order valence-corrected chi connectivity index (χ3v) is 3.20. The Morgan fingerprint density at radius 2 is 2.13 bits per heavy atom. The lowest BCUT2D eigenvalue weighted by atomic mass is 10.2. The summed E-state index contributed by atoms with van der Waals surface area (Å²) >= 11 is 0. The van der Waals surface area contributed by atoms with Crippen LogP contribution in [-0.4, -0.2) is 29.9 Å². The van der Waals surface area contributed by atoms with Crippen molar-refractivity contribution < 1.29 is 28.9 Å². The monoisotopic (exact) mass is 321 g/mol. The van der Waals surface area contributed by atoms with Gasteiger partial charge in [0.25, 0.3) is 0 Å². The van der Waals surface area contributed by atoms with Crippen molar-refractivity contribution in [2.24, 2.45) is 0 Å². The lowest BCUT2D eigenvalue weighted by Crippen LogP contribution is -2.14. The first kappa shape index (κ1) is 16.7. The smallest absolute Gasteiger partial charge is 0.332 e. The van der Waals surface area contributed by atoms with Crippen LogP contribution >= 0.6 is 0 Å². The summed E-state index contributed by atoms with van der Waals surface area (Å²) in [5, 5.41) is 11.9. The first-order chi connectivity index (χ1) is 11.0. The van der Waals surface area contributed by atoms with E-state index in [1.54, 1.807) is 25.1 Å². The summed E-state index contributed by atoms with van der Waals surface area (Å²) < 4.78 is 15.6. The van der Waals surface area contributed by atoms with E-state index in [1.165, 1.54) is 0 Å². The molecule has 0 saturated carbocycles. The number of aliphatic carboxylic acids is 1. The highest BCUT2D eigenvalue weighted by molar-refractivity contribution is 5.85. The second kappa shape index (κ2) is 7.53. The molecule has 0 radical (unpaired) electrons. The predicted octanol–water partition coefficient (Wildman–Crippen LogP) is 2.53. The third-order valence-electron chi connectivity index (χ3n) is 3.20. The van der Waals surface area contributed by atoms with Gasteiger partial charge in [-0.05, 0) is 25.5 Å². The lowest BCUT2D eigenvalue weighted by molar-refractivity contribution is -0.142. The van der Waals surface area contributed by atoms with Gasteiger partial charge in [-0.1, -0.05) is 6.92 Å². The van der Waals surface area contributed by atoms with Crippen LogP contribution in [0.4, 0.5) is 5.69 Å². The largest absolute Gasteiger partial charge is 0.481 e. The maximum atomic E-state index is 11.8. The zero-order chi connectivity index (χ0) is 16.8. The Kier molecular flexibility index (Phi) is 5.46. The van der Waals surface area contributed by atoms with E-state index in [1.807, 2.05) is 6.92 Å². The molecule has 2 rings (SSSR count). The van der Waals surface area contributed by atoms with Crippen LogP contribution in [0.25, 0.3) is 0 Å². The Labute approximate surface area is 133 Å². The normalized spacial score (nSPS) is 14.3. The van der Waals surface area contributed by atoms with Gasteiger partial charge in [-0.25, -0.2) is 4.79 Å². The standard InChI is InChI=1S/C16H19NO6/c1-3-10(2)23-16(20)8-12(7-15(18)19)17-11-4-5-13-14(6-11)22-9-21-13/h4-6,8,10,17H,3,7,9H2,1-2H3,(H,18,19). The van der Waals surface area contributed by atoms with Gasteiger partial charge in [-0.2, -0.15) is 0 Å². The molecule has 1 aliphatic heterocycles. The molecule has 0 amide bonds. The Morgan fingerprint density at radius 3 is 2.83 bits per heavy atom. The van der Waals surface area contributed by atoms with E-state index >= 15 is 0 Å². The van der Waals surface area contributed by atoms with Crippen LogP contribution in [0.5, 0.6) is 11.5 Å². The molecule has 0 fully saturated rings. The number of hydrogen-bond donors (Lipinski definition) is 2. The number of nitrogens with one attached hydrogen (secondary N) is 1. The van der Waals surface area contributed by atoms with Gasteiger partial charge < -0.3 is 24.6 Å². The van der Waals surface area contributed by atoms with Gasteiger partial charge in [0.1, 0.15) is 0 Å². The molecule has 1 aromatic rings. The van der Waals surface area contributed by atoms with Crippen LogP contribution in [-0.2, 0) is 14.3 Å². The highest BCUT2D eigenvalue weighted by atomic mass is 16.7. The minimum atomic E-state index is -1.05. The van der Waals surface area contributed by atoms with E-state index in [0.29, 0.717) is 23.6 Å². The van der Waals surface area contributed by atoms with Crippen LogP contribution in [0.15, 0.2) is 30.0 Å². The molecule has 0 bridgehead atoms. The van der Waals surface area contributed by atoms with Gasteiger partial charge in [-0.3, -0.25) is 4.79 Å². The number of fused-ring (bicyclic) bond motifs is 1. The fraction of sp³-hybridized carbons (Fsp3) is 0.375. The van der Waals surface area contributed by atoms with Crippen LogP contribution < -0.4 is 14.8 Å². The van der Waals surface area contributed by atoms with Gasteiger partial charge >= 0.3 is 11.9 Å². The van der Waals surface area contributed by atoms with Crippen molar-refractivity contribution in [1.29, 1.82) is 0 Å². The summed E-state index contributed by atoms with van der Waals surface area (Å²) in [7, 11) is 0. The van der Waals surface area contributed by atoms with Crippen molar-refractivity contribution in [1.82, 2.24) is 0 Å². The quantitative estimate of drug-likeness (QED) is 0.588. The molecular formula is C16H19NO6. The van der Waals surface area contributed by atoms with E-state index in [9.17, 15) is 9.59 Å². The number of carbonyl (C=O) groups is 2. The van der Waals surface area contributed by atoms with Gasteiger partial charge in [0, 0.05) is 23.5 Å². The molecule has 7 nitrogen and oxygen atoms in total. The molecule has 0 spiro atoms. The first-order valence-electron chi connectivity index (χ1n) is 7.27. The Balaban J connectivity index is 2.11. The molecule has 1 atom stereocenters. The Hall–Kier alpha value is -2.70. The topological polar surface area (TPSA) is 94.1 Å². The second-order valence-corrected chi connectivity index (χ2v) is 5.09. The average Bonchev–Trinajstić information content (AvgIpc) is 2.93. The number of esters is 1. The van der Waals surface area contributed by atoms with Crippen molar-refractivity contribution in [3.63, 3.8) is 0 Å². The molecule has 0 aliphatic carbocycles. The molecule has 0 aromatic heterocycles. The van der Waals surface area contributed by atoms with Crippen molar-refractivity contribution >= 4 is 17.6 Å². The molecule has 23 heavy (non-hydrogen) atoms. The number of rotatable bonds is 7. The maximum absolute atomic E-state index is 11.8. The molecule has 0 saturated heterocycles. The van der Waals surface area contributed by atoms with Crippen molar-refractivity contribution in [3.8, 4) is 11.5 Å². The Bertz CT molecular complexity index is 625.